The van der Waals surface area contributed by atoms with Crippen molar-refractivity contribution in [3.63, 3.8) is 0 Å². The first-order valence-electron chi connectivity index (χ1n) is 7.36. The number of nitrogens with zero attached hydrogens (tertiary/aromatic N) is 4. The van der Waals surface area contributed by atoms with Crippen LogP contribution in [0.1, 0.15) is 19.3 Å². The van der Waals surface area contributed by atoms with E-state index >= 15 is 0 Å². The summed E-state index contributed by atoms with van der Waals surface area (Å²) in [5.74, 6) is 0.217. The van der Waals surface area contributed by atoms with Gasteiger partial charge < -0.3 is 4.90 Å². The molecule has 1 saturated heterocycles. The lowest BCUT2D eigenvalue weighted by atomic mass is 10.3. The molecule has 1 aliphatic heterocycles. The third-order valence-electron chi connectivity index (χ3n) is 3.87. The molecule has 1 amide bonds. The van der Waals surface area contributed by atoms with Gasteiger partial charge in [0.1, 0.15) is 5.52 Å². The van der Waals surface area contributed by atoms with Gasteiger partial charge in [0.2, 0.25) is 5.91 Å². The smallest absolute Gasteiger partial charge is 0.270 e. The number of likely N-dealkylation sites (tertiary alicyclic amines) is 1. The van der Waals surface area contributed by atoms with E-state index in [1.807, 2.05) is 17.2 Å². The van der Waals surface area contributed by atoms with E-state index in [-0.39, 0.29) is 11.5 Å². The Hall–Kier alpha value is -1.89. The predicted octanol–water partition coefficient (Wildman–Crippen LogP) is 1.53. The monoisotopic (exact) mass is 318 g/mol. The van der Waals surface area contributed by atoms with Gasteiger partial charge in [0.05, 0.1) is 6.20 Å². The SMILES string of the molecule is CSc1cnc2c(c1)ncc(=O)n2CCCN1CCCC1=O. The second-order valence-electron chi connectivity index (χ2n) is 5.30. The van der Waals surface area contributed by atoms with Crippen LogP contribution in [0.15, 0.2) is 28.2 Å². The van der Waals surface area contributed by atoms with Crippen LogP contribution in [-0.2, 0) is 11.3 Å². The van der Waals surface area contributed by atoms with Crippen molar-refractivity contribution >= 4 is 28.8 Å². The van der Waals surface area contributed by atoms with Crippen LogP contribution in [0, 0.1) is 0 Å². The van der Waals surface area contributed by atoms with Crippen molar-refractivity contribution in [2.24, 2.45) is 0 Å². The van der Waals surface area contributed by atoms with Crippen LogP contribution in [0.3, 0.4) is 0 Å². The number of hydrogen-bond acceptors (Lipinski definition) is 5. The number of rotatable bonds is 5. The molecule has 0 radical (unpaired) electrons. The molecule has 1 aliphatic rings. The standard InChI is InChI=1S/C15H18N4O2S/c1-22-11-8-12-15(17-9-11)19(14(21)10-16-12)7-3-6-18-5-2-4-13(18)20/h8-10H,2-7H2,1H3. The molecule has 0 aliphatic carbocycles. The number of carbonyl (C=O) groups excluding carboxylic acids is 1. The normalized spacial score (nSPS) is 15.0. The highest BCUT2D eigenvalue weighted by atomic mass is 32.2. The van der Waals surface area contributed by atoms with Crippen molar-refractivity contribution in [2.75, 3.05) is 19.3 Å². The molecule has 3 rings (SSSR count). The van der Waals surface area contributed by atoms with Gasteiger partial charge in [0.25, 0.3) is 5.56 Å². The first-order valence-corrected chi connectivity index (χ1v) is 8.59. The summed E-state index contributed by atoms with van der Waals surface area (Å²) < 4.78 is 1.65. The van der Waals surface area contributed by atoms with E-state index in [0.717, 1.165) is 29.8 Å². The molecular weight excluding hydrogens is 300 g/mol. The topological polar surface area (TPSA) is 68.1 Å². The number of fused-ring (bicyclic) bond motifs is 1. The van der Waals surface area contributed by atoms with Gasteiger partial charge in [-0.2, -0.15) is 0 Å². The quantitative estimate of drug-likeness (QED) is 0.782. The number of carbonyl (C=O) groups is 1. The van der Waals surface area contributed by atoms with Crippen LogP contribution < -0.4 is 5.56 Å². The summed E-state index contributed by atoms with van der Waals surface area (Å²) in [6.07, 6.45) is 7.42. The van der Waals surface area contributed by atoms with Gasteiger partial charge in [-0.05, 0) is 25.2 Å². The van der Waals surface area contributed by atoms with Gasteiger partial charge >= 0.3 is 0 Å². The summed E-state index contributed by atoms with van der Waals surface area (Å²) in [4.78, 5) is 35.1. The van der Waals surface area contributed by atoms with Gasteiger partial charge in [-0.3, -0.25) is 14.2 Å². The maximum absolute atomic E-state index is 12.1. The van der Waals surface area contributed by atoms with Crippen LogP contribution in [0.5, 0.6) is 0 Å². The summed E-state index contributed by atoms with van der Waals surface area (Å²) in [7, 11) is 0. The Morgan fingerprint density at radius 2 is 2.09 bits per heavy atom. The molecule has 0 unspecified atom stereocenters. The number of amides is 1. The summed E-state index contributed by atoms with van der Waals surface area (Å²) in [6, 6.07) is 1.94. The average Bonchev–Trinajstić information content (AvgIpc) is 2.94. The Balaban J connectivity index is 1.79. The molecule has 0 saturated carbocycles. The van der Waals surface area contributed by atoms with Crippen molar-refractivity contribution in [3.8, 4) is 0 Å². The highest BCUT2D eigenvalue weighted by Gasteiger charge is 2.19. The number of aromatic nitrogens is 3. The molecule has 0 atom stereocenters. The molecule has 22 heavy (non-hydrogen) atoms. The van der Waals surface area contributed by atoms with E-state index in [1.165, 1.54) is 6.20 Å². The molecule has 1 fully saturated rings. The average molecular weight is 318 g/mol. The first-order chi connectivity index (χ1) is 10.7. The van der Waals surface area contributed by atoms with Crippen LogP contribution in [-0.4, -0.2) is 44.7 Å². The fourth-order valence-electron chi connectivity index (χ4n) is 2.72. The summed E-state index contributed by atoms with van der Waals surface area (Å²) in [6.45, 7) is 2.07. The lowest BCUT2D eigenvalue weighted by Gasteiger charge is -2.16. The van der Waals surface area contributed by atoms with Crippen molar-refractivity contribution < 1.29 is 4.79 Å². The number of pyridine rings is 1. The van der Waals surface area contributed by atoms with E-state index in [2.05, 4.69) is 9.97 Å². The second-order valence-corrected chi connectivity index (χ2v) is 6.18. The maximum Gasteiger partial charge on any atom is 0.270 e. The zero-order valence-electron chi connectivity index (χ0n) is 12.5. The van der Waals surface area contributed by atoms with Crippen LogP contribution in [0.25, 0.3) is 11.2 Å². The first kappa shape index (κ1) is 15.0. The Kier molecular flexibility index (Phi) is 4.42. The zero-order chi connectivity index (χ0) is 15.5. The van der Waals surface area contributed by atoms with Gasteiger partial charge in [-0.1, -0.05) is 0 Å². The Morgan fingerprint density at radius 1 is 1.23 bits per heavy atom. The third-order valence-corrected chi connectivity index (χ3v) is 4.57. The highest BCUT2D eigenvalue weighted by Crippen LogP contribution is 2.17. The molecule has 0 N–H and O–H groups in total. The number of aryl methyl sites for hydroxylation is 1. The van der Waals surface area contributed by atoms with Gasteiger partial charge in [0, 0.05) is 37.1 Å². The molecule has 0 spiro atoms. The van der Waals surface area contributed by atoms with E-state index in [9.17, 15) is 9.59 Å². The van der Waals surface area contributed by atoms with E-state index in [1.54, 1.807) is 22.5 Å². The maximum atomic E-state index is 12.1. The van der Waals surface area contributed by atoms with E-state index in [0.29, 0.717) is 25.2 Å². The van der Waals surface area contributed by atoms with E-state index < -0.39 is 0 Å². The number of hydrogen-bond donors (Lipinski definition) is 0. The molecule has 116 valence electrons. The van der Waals surface area contributed by atoms with Crippen molar-refractivity contribution in [1.82, 2.24) is 19.4 Å². The fraction of sp³-hybridized carbons (Fsp3) is 0.467. The Morgan fingerprint density at radius 3 is 2.82 bits per heavy atom. The van der Waals surface area contributed by atoms with Crippen molar-refractivity contribution in [3.05, 3.63) is 28.8 Å². The molecular formula is C15H18N4O2S. The largest absolute Gasteiger partial charge is 0.343 e. The molecule has 6 nitrogen and oxygen atoms in total. The molecule has 2 aromatic heterocycles. The lowest BCUT2D eigenvalue weighted by molar-refractivity contribution is -0.127. The summed E-state index contributed by atoms with van der Waals surface area (Å²) in [5, 5.41) is 0. The minimum absolute atomic E-state index is 0.148. The van der Waals surface area contributed by atoms with Crippen molar-refractivity contribution in [2.45, 2.75) is 30.7 Å². The molecule has 0 bridgehead atoms. The Bertz CT molecular complexity index is 759. The van der Waals surface area contributed by atoms with Crippen LogP contribution in [0.4, 0.5) is 0 Å². The van der Waals surface area contributed by atoms with Gasteiger partial charge in [-0.25, -0.2) is 9.97 Å². The van der Waals surface area contributed by atoms with Gasteiger partial charge in [-0.15, -0.1) is 11.8 Å². The molecule has 7 heteroatoms. The summed E-state index contributed by atoms with van der Waals surface area (Å²) >= 11 is 1.59. The molecule has 2 aromatic rings. The van der Waals surface area contributed by atoms with Crippen molar-refractivity contribution in [1.29, 1.82) is 0 Å². The third kappa shape index (κ3) is 2.99. The van der Waals surface area contributed by atoms with Crippen LogP contribution in [0.2, 0.25) is 0 Å². The predicted molar refractivity (Wildman–Crippen MR) is 86.0 cm³/mol. The second kappa shape index (κ2) is 6.48. The van der Waals surface area contributed by atoms with Gasteiger partial charge in [0.15, 0.2) is 5.65 Å². The van der Waals surface area contributed by atoms with E-state index in [4.69, 9.17) is 0 Å². The number of thioether (sulfide) groups is 1. The van der Waals surface area contributed by atoms with Crippen LogP contribution >= 0.6 is 11.8 Å². The fourth-order valence-corrected chi connectivity index (χ4v) is 3.10. The minimum atomic E-state index is -0.148. The molecule has 3 heterocycles. The zero-order valence-corrected chi connectivity index (χ0v) is 13.3. The molecule has 0 aromatic carbocycles. The highest BCUT2D eigenvalue weighted by molar-refractivity contribution is 7.98. The Labute approximate surface area is 132 Å². The summed E-state index contributed by atoms with van der Waals surface area (Å²) in [5.41, 5.74) is 1.19. The minimum Gasteiger partial charge on any atom is -0.343 e. The lowest BCUT2D eigenvalue weighted by Crippen LogP contribution is -2.28.